The fourth-order valence-corrected chi connectivity index (χ4v) is 1.82. The number of hydrogen-bond acceptors (Lipinski definition) is 3. The summed E-state index contributed by atoms with van der Waals surface area (Å²) in [5.41, 5.74) is 0.906. The Bertz CT molecular complexity index is 651. The predicted molar refractivity (Wildman–Crippen MR) is 86.9 cm³/mol. The summed E-state index contributed by atoms with van der Waals surface area (Å²) in [4.78, 5) is 11.7. The molecule has 120 valence electrons. The zero-order valence-corrected chi connectivity index (χ0v) is 12.8. The molecule has 0 unspecified atom stereocenters. The minimum atomic E-state index is -0.311. The molecular formula is C18H18FNO3. The van der Waals surface area contributed by atoms with Gasteiger partial charge in [0.05, 0.1) is 13.7 Å². The quantitative estimate of drug-likeness (QED) is 0.631. The predicted octanol–water partition coefficient (Wildman–Crippen LogP) is 3.04. The third-order valence-electron chi connectivity index (χ3n) is 3.03. The van der Waals surface area contributed by atoms with Gasteiger partial charge in [0.1, 0.15) is 23.9 Å². The lowest BCUT2D eigenvalue weighted by atomic mass is 10.2. The Balaban J connectivity index is 1.69. The van der Waals surface area contributed by atoms with Crippen molar-refractivity contribution in [1.29, 1.82) is 0 Å². The first-order valence-corrected chi connectivity index (χ1v) is 7.16. The third kappa shape index (κ3) is 5.82. The van der Waals surface area contributed by atoms with E-state index in [1.807, 2.05) is 24.3 Å². The molecule has 23 heavy (non-hydrogen) atoms. The van der Waals surface area contributed by atoms with Gasteiger partial charge in [-0.2, -0.15) is 0 Å². The van der Waals surface area contributed by atoms with Crippen LogP contribution in [0.2, 0.25) is 0 Å². The zero-order chi connectivity index (χ0) is 16.5. The molecule has 5 heteroatoms. The topological polar surface area (TPSA) is 47.6 Å². The van der Waals surface area contributed by atoms with E-state index >= 15 is 0 Å². The van der Waals surface area contributed by atoms with Crippen LogP contribution in [0.4, 0.5) is 4.39 Å². The highest BCUT2D eigenvalue weighted by atomic mass is 19.1. The second kappa shape index (κ2) is 8.58. The van der Waals surface area contributed by atoms with Crippen molar-refractivity contribution in [1.82, 2.24) is 5.32 Å². The molecule has 0 atom stereocenters. The van der Waals surface area contributed by atoms with E-state index < -0.39 is 0 Å². The van der Waals surface area contributed by atoms with Crippen LogP contribution in [0.3, 0.4) is 0 Å². The van der Waals surface area contributed by atoms with E-state index in [0.29, 0.717) is 18.9 Å². The van der Waals surface area contributed by atoms with E-state index in [1.54, 1.807) is 25.3 Å². The number of rotatable bonds is 7. The molecule has 0 aliphatic carbocycles. The number of ether oxygens (including phenoxy) is 2. The Labute approximate surface area is 134 Å². The lowest BCUT2D eigenvalue weighted by molar-refractivity contribution is -0.116. The standard InChI is InChI=1S/C18H18FNO3/c1-22-16-7-2-14(3-8-16)4-11-18(21)20-12-13-23-17-9-5-15(19)6-10-17/h2-11H,12-13H2,1H3,(H,20,21). The minimum absolute atomic E-state index is 0.205. The van der Waals surface area contributed by atoms with E-state index in [4.69, 9.17) is 9.47 Å². The Kier molecular flexibility index (Phi) is 6.17. The summed E-state index contributed by atoms with van der Waals surface area (Å²) in [7, 11) is 1.60. The number of nitrogens with one attached hydrogen (secondary N) is 1. The van der Waals surface area contributed by atoms with E-state index in [1.165, 1.54) is 18.2 Å². The smallest absolute Gasteiger partial charge is 0.244 e. The Morgan fingerprint density at radius 1 is 1.09 bits per heavy atom. The van der Waals surface area contributed by atoms with Crippen LogP contribution in [-0.2, 0) is 4.79 Å². The van der Waals surface area contributed by atoms with Gasteiger partial charge >= 0.3 is 0 Å². The van der Waals surface area contributed by atoms with Crippen molar-refractivity contribution in [3.8, 4) is 11.5 Å². The van der Waals surface area contributed by atoms with E-state index in [-0.39, 0.29) is 11.7 Å². The number of carbonyl (C=O) groups excluding carboxylic acids is 1. The Hall–Kier alpha value is -2.82. The number of benzene rings is 2. The Morgan fingerprint density at radius 2 is 1.74 bits per heavy atom. The second-order valence-corrected chi connectivity index (χ2v) is 4.70. The monoisotopic (exact) mass is 315 g/mol. The highest BCUT2D eigenvalue weighted by Gasteiger charge is 1.97. The van der Waals surface area contributed by atoms with Gasteiger partial charge in [0.25, 0.3) is 0 Å². The maximum atomic E-state index is 12.7. The lowest BCUT2D eigenvalue weighted by Gasteiger charge is -2.06. The van der Waals surface area contributed by atoms with Gasteiger partial charge in [-0.25, -0.2) is 4.39 Å². The average Bonchev–Trinajstić information content (AvgIpc) is 2.59. The van der Waals surface area contributed by atoms with Crippen LogP contribution in [0, 0.1) is 5.82 Å². The van der Waals surface area contributed by atoms with Crippen molar-refractivity contribution in [3.05, 3.63) is 66.0 Å². The van der Waals surface area contributed by atoms with Crippen molar-refractivity contribution in [2.75, 3.05) is 20.3 Å². The number of halogens is 1. The molecule has 2 rings (SSSR count). The van der Waals surface area contributed by atoms with Crippen molar-refractivity contribution < 1.29 is 18.7 Å². The lowest BCUT2D eigenvalue weighted by Crippen LogP contribution is -2.26. The fourth-order valence-electron chi connectivity index (χ4n) is 1.82. The number of hydrogen-bond donors (Lipinski definition) is 1. The molecule has 0 radical (unpaired) electrons. The molecule has 0 bridgehead atoms. The first-order valence-electron chi connectivity index (χ1n) is 7.16. The van der Waals surface area contributed by atoms with Crippen molar-refractivity contribution in [2.45, 2.75) is 0 Å². The molecule has 0 fully saturated rings. The van der Waals surface area contributed by atoms with Crippen LogP contribution in [0.1, 0.15) is 5.56 Å². The number of methoxy groups -OCH3 is 1. The van der Waals surface area contributed by atoms with Crippen LogP contribution >= 0.6 is 0 Å². The van der Waals surface area contributed by atoms with Crippen LogP contribution in [0.5, 0.6) is 11.5 Å². The molecule has 1 N–H and O–H groups in total. The highest BCUT2D eigenvalue weighted by Crippen LogP contribution is 2.12. The first-order chi connectivity index (χ1) is 11.2. The maximum Gasteiger partial charge on any atom is 0.244 e. The van der Waals surface area contributed by atoms with Gasteiger partial charge in [-0.3, -0.25) is 4.79 Å². The van der Waals surface area contributed by atoms with E-state index in [0.717, 1.165) is 11.3 Å². The molecule has 0 heterocycles. The summed E-state index contributed by atoms with van der Waals surface area (Å²) < 4.78 is 23.2. The molecular weight excluding hydrogens is 297 g/mol. The van der Waals surface area contributed by atoms with Gasteiger partial charge < -0.3 is 14.8 Å². The van der Waals surface area contributed by atoms with Gasteiger partial charge in [-0.05, 0) is 48.0 Å². The molecule has 2 aromatic rings. The van der Waals surface area contributed by atoms with Gasteiger partial charge in [0, 0.05) is 6.08 Å². The molecule has 0 aliphatic heterocycles. The largest absolute Gasteiger partial charge is 0.497 e. The van der Waals surface area contributed by atoms with E-state index in [9.17, 15) is 9.18 Å². The van der Waals surface area contributed by atoms with Gasteiger partial charge in [0.15, 0.2) is 0 Å². The maximum absolute atomic E-state index is 12.7. The van der Waals surface area contributed by atoms with Crippen LogP contribution in [0.15, 0.2) is 54.6 Å². The van der Waals surface area contributed by atoms with Crippen molar-refractivity contribution in [2.24, 2.45) is 0 Å². The van der Waals surface area contributed by atoms with Crippen LogP contribution < -0.4 is 14.8 Å². The molecule has 0 aromatic heterocycles. The summed E-state index contributed by atoms with van der Waals surface area (Å²) in [5.74, 6) is 0.816. The molecule has 0 saturated heterocycles. The molecule has 0 saturated carbocycles. The minimum Gasteiger partial charge on any atom is -0.497 e. The normalized spacial score (nSPS) is 10.5. The SMILES string of the molecule is COc1ccc(C=CC(=O)NCCOc2ccc(F)cc2)cc1. The van der Waals surface area contributed by atoms with Gasteiger partial charge in [-0.1, -0.05) is 12.1 Å². The van der Waals surface area contributed by atoms with Crippen LogP contribution in [0.25, 0.3) is 6.08 Å². The van der Waals surface area contributed by atoms with Crippen LogP contribution in [-0.4, -0.2) is 26.2 Å². The second-order valence-electron chi connectivity index (χ2n) is 4.70. The summed E-state index contributed by atoms with van der Waals surface area (Å²) in [6, 6.07) is 13.1. The van der Waals surface area contributed by atoms with Crippen molar-refractivity contribution in [3.63, 3.8) is 0 Å². The van der Waals surface area contributed by atoms with Crippen molar-refractivity contribution >= 4 is 12.0 Å². The highest BCUT2D eigenvalue weighted by molar-refractivity contribution is 5.91. The molecule has 2 aromatic carbocycles. The van der Waals surface area contributed by atoms with E-state index in [2.05, 4.69) is 5.32 Å². The molecule has 0 spiro atoms. The summed E-state index contributed by atoms with van der Waals surface area (Å²) in [5, 5.41) is 2.71. The summed E-state index contributed by atoms with van der Waals surface area (Å²) in [6.45, 7) is 0.677. The molecule has 0 aliphatic rings. The fraction of sp³-hybridized carbons (Fsp3) is 0.167. The summed E-state index contributed by atoms with van der Waals surface area (Å²) in [6.07, 6.45) is 3.18. The van der Waals surface area contributed by atoms with Gasteiger partial charge in [-0.15, -0.1) is 0 Å². The molecule has 1 amide bonds. The number of amides is 1. The van der Waals surface area contributed by atoms with Gasteiger partial charge in [0.2, 0.25) is 5.91 Å². The molecule has 4 nitrogen and oxygen atoms in total. The third-order valence-corrected chi connectivity index (χ3v) is 3.03. The summed E-state index contributed by atoms with van der Waals surface area (Å²) >= 11 is 0. The number of carbonyl (C=O) groups is 1. The Morgan fingerprint density at radius 3 is 2.39 bits per heavy atom. The zero-order valence-electron chi connectivity index (χ0n) is 12.8. The average molecular weight is 315 g/mol. The first kappa shape index (κ1) is 16.5.